The summed E-state index contributed by atoms with van der Waals surface area (Å²) in [6.07, 6.45) is 2.56. The lowest BCUT2D eigenvalue weighted by Crippen LogP contribution is -2.44. The highest BCUT2D eigenvalue weighted by Gasteiger charge is 2.28. The highest BCUT2D eigenvalue weighted by molar-refractivity contribution is 5.94. The second-order valence-electron chi connectivity index (χ2n) is 5.37. The van der Waals surface area contributed by atoms with Crippen molar-refractivity contribution in [1.29, 1.82) is 0 Å². The van der Waals surface area contributed by atoms with Crippen LogP contribution in [0, 0.1) is 11.6 Å². The Morgan fingerprint density at radius 1 is 1.23 bits per heavy atom. The maximum absolute atomic E-state index is 13.4. The van der Waals surface area contributed by atoms with Crippen molar-refractivity contribution in [1.82, 2.24) is 4.90 Å². The number of carboxylic acid groups (broad SMARTS) is 1. The highest BCUT2D eigenvalue weighted by atomic mass is 19.1. The van der Waals surface area contributed by atoms with E-state index in [0.29, 0.717) is 19.4 Å². The largest absolute Gasteiger partial charge is 0.503 e. The van der Waals surface area contributed by atoms with Gasteiger partial charge in [0.05, 0.1) is 0 Å². The second kappa shape index (κ2) is 6.72. The number of amides is 1. The average molecular weight is 313 g/mol. The summed E-state index contributed by atoms with van der Waals surface area (Å²) in [4.78, 5) is 24.6. The molecule has 0 spiro atoms. The number of hydrogen-bond donors (Lipinski definition) is 2. The van der Waals surface area contributed by atoms with E-state index in [0.717, 1.165) is 25.0 Å². The van der Waals surface area contributed by atoms with Crippen LogP contribution >= 0.6 is 0 Å². The van der Waals surface area contributed by atoms with Crippen LogP contribution in [-0.4, -0.2) is 39.6 Å². The van der Waals surface area contributed by atoms with Crippen molar-refractivity contribution in [2.24, 2.45) is 0 Å². The number of likely N-dealkylation sites (tertiary alicyclic amines) is 1. The minimum atomic E-state index is -1.19. The van der Waals surface area contributed by atoms with Gasteiger partial charge in [0.1, 0.15) is 0 Å². The zero-order valence-electron chi connectivity index (χ0n) is 11.9. The smallest absolute Gasteiger partial charge is 0.303 e. The van der Waals surface area contributed by atoms with E-state index in [2.05, 4.69) is 0 Å². The van der Waals surface area contributed by atoms with E-state index in [1.807, 2.05) is 0 Å². The van der Waals surface area contributed by atoms with Gasteiger partial charge in [0.25, 0.3) is 5.91 Å². The van der Waals surface area contributed by atoms with E-state index in [-0.39, 0.29) is 18.0 Å². The van der Waals surface area contributed by atoms with Gasteiger partial charge in [0.2, 0.25) is 0 Å². The number of benzene rings is 1. The summed E-state index contributed by atoms with van der Waals surface area (Å²) < 4.78 is 26.8. The Kier molecular flexibility index (Phi) is 4.95. The maximum atomic E-state index is 13.4. The molecule has 0 radical (unpaired) electrons. The third-order valence-corrected chi connectivity index (χ3v) is 3.84. The number of nitrogens with zero attached hydrogens (tertiary/aromatic N) is 1. The molecule has 22 heavy (non-hydrogen) atoms. The maximum Gasteiger partial charge on any atom is 0.303 e. The molecule has 0 aromatic heterocycles. The highest BCUT2D eigenvalue weighted by Crippen LogP contribution is 2.26. The average Bonchev–Trinajstić information content (AvgIpc) is 2.49. The summed E-state index contributed by atoms with van der Waals surface area (Å²) in [7, 11) is 0. The van der Waals surface area contributed by atoms with Crippen LogP contribution in [0.4, 0.5) is 8.78 Å². The molecule has 1 saturated heterocycles. The molecule has 1 heterocycles. The molecule has 1 atom stereocenters. The van der Waals surface area contributed by atoms with E-state index in [4.69, 9.17) is 10.2 Å². The summed E-state index contributed by atoms with van der Waals surface area (Å²) in [5.74, 6) is -4.99. The van der Waals surface area contributed by atoms with Crippen molar-refractivity contribution in [3.8, 4) is 5.75 Å². The minimum absolute atomic E-state index is 0.0628. The van der Waals surface area contributed by atoms with Gasteiger partial charge < -0.3 is 15.1 Å². The third-order valence-electron chi connectivity index (χ3n) is 3.84. The topological polar surface area (TPSA) is 77.8 Å². The Morgan fingerprint density at radius 3 is 2.45 bits per heavy atom. The van der Waals surface area contributed by atoms with Gasteiger partial charge in [-0.3, -0.25) is 9.59 Å². The molecule has 1 aromatic rings. The first-order valence-corrected chi connectivity index (χ1v) is 7.11. The van der Waals surface area contributed by atoms with Crippen LogP contribution in [0.3, 0.4) is 0 Å². The lowest BCUT2D eigenvalue weighted by Gasteiger charge is -2.35. The molecule has 1 aliphatic heterocycles. The standard InChI is InChI=1S/C15H17F2NO4/c16-11-7-9(8-12(17)14(11)21)15(22)18-6-2-1-3-10(18)4-5-13(19)20/h7-8,10,21H,1-6H2,(H,19,20). The number of piperidine rings is 1. The van der Waals surface area contributed by atoms with Gasteiger partial charge in [-0.25, -0.2) is 8.78 Å². The van der Waals surface area contributed by atoms with Gasteiger partial charge >= 0.3 is 5.97 Å². The number of aromatic hydroxyl groups is 1. The van der Waals surface area contributed by atoms with Crippen molar-refractivity contribution >= 4 is 11.9 Å². The number of rotatable bonds is 4. The Morgan fingerprint density at radius 2 is 1.86 bits per heavy atom. The Hall–Kier alpha value is -2.18. The zero-order valence-corrected chi connectivity index (χ0v) is 11.9. The number of carboxylic acids is 1. The van der Waals surface area contributed by atoms with Crippen molar-refractivity contribution in [2.45, 2.75) is 38.1 Å². The van der Waals surface area contributed by atoms with E-state index < -0.39 is 29.3 Å². The monoisotopic (exact) mass is 313 g/mol. The molecule has 2 rings (SSSR count). The van der Waals surface area contributed by atoms with Crippen molar-refractivity contribution in [2.75, 3.05) is 6.54 Å². The normalized spacial score (nSPS) is 18.3. The fraction of sp³-hybridized carbons (Fsp3) is 0.467. The molecule has 5 nitrogen and oxygen atoms in total. The molecule has 1 fully saturated rings. The minimum Gasteiger partial charge on any atom is -0.503 e. The van der Waals surface area contributed by atoms with Crippen molar-refractivity contribution in [3.05, 3.63) is 29.3 Å². The van der Waals surface area contributed by atoms with Crippen LogP contribution in [-0.2, 0) is 4.79 Å². The molecule has 2 N–H and O–H groups in total. The fourth-order valence-electron chi connectivity index (χ4n) is 2.71. The van der Waals surface area contributed by atoms with Gasteiger partial charge in [-0.15, -0.1) is 0 Å². The van der Waals surface area contributed by atoms with Crippen molar-refractivity contribution in [3.63, 3.8) is 0 Å². The van der Waals surface area contributed by atoms with Crippen molar-refractivity contribution < 1.29 is 28.6 Å². The first kappa shape index (κ1) is 16.2. The summed E-state index contributed by atoms with van der Waals surface area (Å²) in [6.45, 7) is 0.424. The third kappa shape index (κ3) is 3.52. The molecular weight excluding hydrogens is 296 g/mol. The summed E-state index contributed by atoms with van der Waals surface area (Å²) in [5, 5.41) is 17.8. The van der Waals surface area contributed by atoms with E-state index in [9.17, 15) is 18.4 Å². The van der Waals surface area contributed by atoms with Crippen LogP contribution in [0.1, 0.15) is 42.5 Å². The van der Waals surface area contributed by atoms with Crippen LogP contribution in [0.15, 0.2) is 12.1 Å². The molecule has 1 unspecified atom stereocenters. The molecule has 1 amide bonds. The van der Waals surface area contributed by atoms with Gasteiger partial charge in [0, 0.05) is 24.6 Å². The van der Waals surface area contributed by atoms with Crippen LogP contribution in [0.25, 0.3) is 0 Å². The number of carbonyl (C=O) groups is 2. The van der Waals surface area contributed by atoms with Gasteiger partial charge in [0.15, 0.2) is 17.4 Å². The number of phenols is 1. The fourth-order valence-corrected chi connectivity index (χ4v) is 2.71. The number of phenolic OH excluding ortho intramolecular Hbond substituents is 1. The predicted molar refractivity (Wildman–Crippen MR) is 73.6 cm³/mol. The van der Waals surface area contributed by atoms with Gasteiger partial charge in [-0.05, 0) is 37.8 Å². The first-order valence-electron chi connectivity index (χ1n) is 7.11. The molecule has 0 saturated carbocycles. The molecule has 1 aromatic carbocycles. The number of halogens is 2. The predicted octanol–water partition coefficient (Wildman–Crippen LogP) is 2.53. The molecule has 1 aliphatic rings. The van der Waals surface area contributed by atoms with E-state index in [1.165, 1.54) is 4.90 Å². The first-order chi connectivity index (χ1) is 10.4. The molecule has 120 valence electrons. The van der Waals surface area contributed by atoms with E-state index in [1.54, 1.807) is 0 Å². The van der Waals surface area contributed by atoms with Crippen LogP contribution in [0.5, 0.6) is 5.75 Å². The molecular formula is C15H17F2NO4. The number of aliphatic carboxylic acids is 1. The van der Waals surface area contributed by atoms with E-state index >= 15 is 0 Å². The van der Waals surface area contributed by atoms with Crippen LogP contribution in [0.2, 0.25) is 0 Å². The lowest BCUT2D eigenvalue weighted by atomic mass is 9.97. The molecule has 0 bridgehead atoms. The number of carbonyl (C=O) groups excluding carboxylic acids is 1. The van der Waals surface area contributed by atoms with Gasteiger partial charge in [-0.1, -0.05) is 0 Å². The summed E-state index contributed by atoms with van der Waals surface area (Å²) in [5.41, 5.74) is -0.185. The van der Waals surface area contributed by atoms with Crippen LogP contribution < -0.4 is 0 Å². The lowest BCUT2D eigenvalue weighted by molar-refractivity contribution is -0.137. The molecule has 7 heteroatoms. The summed E-state index contributed by atoms with van der Waals surface area (Å²) >= 11 is 0. The molecule has 0 aliphatic carbocycles. The Balaban J connectivity index is 2.20. The van der Waals surface area contributed by atoms with Gasteiger partial charge in [-0.2, -0.15) is 0 Å². The number of hydrogen-bond acceptors (Lipinski definition) is 3. The second-order valence-corrected chi connectivity index (χ2v) is 5.37. The Labute approximate surface area is 126 Å². The summed E-state index contributed by atoms with van der Waals surface area (Å²) in [6, 6.07) is 1.34. The quantitative estimate of drug-likeness (QED) is 0.895. The zero-order chi connectivity index (χ0) is 16.3. The Bertz CT molecular complexity index is 568. The SMILES string of the molecule is O=C(O)CCC1CCCCN1C(=O)c1cc(F)c(O)c(F)c1.